The molecule has 0 aliphatic rings. The maximum absolute atomic E-state index is 5.55. The van der Waals surface area contributed by atoms with Crippen molar-refractivity contribution in [2.24, 2.45) is 5.73 Å². The van der Waals surface area contributed by atoms with Crippen molar-refractivity contribution >= 4 is 5.82 Å². The summed E-state index contributed by atoms with van der Waals surface area (Å²) >= 11 is 0. The molecule has 12 heavy (non-hydrogen) atoms. The predicted molar refractivity (Wildman–Crippen MR) is 43.3 cm³/mol. The molecule has 1 heterocycles. The zero-order valence-electron chi connectivity index (χ0n) is 7.55. The van der Waals surface area contributed by atoms with Gasteiger partial charge in [0.2, 0.25) is 0 Å². The standard InChI is InChI=1S/C8H11N3.Y/c1-4-8(9)11-5-6(2)7(3)10-11;/h9H2,1-3H3;/q-2;. The second-order valence-corrected chi connectivity index (χ2v) is 2.37. The van der Waals surface area contributed by atoms with Gasteiger partial charge in [0, 0.05) is 32.7 Å². The van der Waals surface area contributed by atoms with Crippen molar-refractivity contribution in [3.05, 3.63) is 23.5 Å². The molecule has 1 rings (SSSR count). The topological polar surface area (TPSA) is 43.8 Å². The van der Waals surface area contributed by atoms with E-state index in [0.717, 1.165) is 11.3 Å². The Balaban J connectivity index is 0.00000121. The van der Waals surface area contributed by atoms with E-state index < -0.39 is 0 Å². The molecule has 0 unspecified atom stereocenters. The fraction of sp³-hybridized carbons (Fsp3) is 0.375. The molecule has 0 aliphatic carbocycles. The maximum Gasteiger partial charge on any atom is 0 e. The summed E-state index contributed by atoms with van der Waals surface area (Å²) in [5.41, 5.74) is 7.52. The van der Waals surface area contributed by atoms with Crippen LogP contribution < -0.4 is 5.73 Å². The molecule has 0 atom stereocenters. The molecule has 4 heteroatoms. The van der Waals surface area contributed by atoms with E-state index in [-0.39, 0.29) is 32.7 Å². The third kappa shape index (κ3) is 2.42. The van der Waals surface area contributed by atoms with Gasteiger partial charge in [-0.1, -0.05) is 20.0 Å². The molecule has 1 aromatic rings. The molecule has 0 saturated carbocycles. The van der Waals surface area contributed by atoms with E-state index >= 15 is 0 Å². The summed E-state index contributed by atoms with van der Waals surface area (Å²) in [6.45, 7) is 5.61. The van der Waals surface area contributed by atoms with Crippen molar-refractivity contribution < 1.29 is 32.7 Å². The van der Waals surface area contributed by atoms with E-state index in [2.05, 4.69) is 17.4 Å². The van der Waals surface area contributed by atoms with E-state index in [4.69, 9.17) is 5.73 Å². The molecule has 0 bridgehead atoms. The zero-order valence-corrected chi connectivity index (χ0v) is 10.4. The van der Waals surface area contributed by atoms with Crippen LogP contribution in [0.1, 0.15) is 18.2 Å². The molecule has 0 saturated heterocycles. The molecular weight excluding hydrogens is 227 g/mol. The summed E-state index contributed by atoms with van der Waals surface area (Å²) in [5.74, 6) is 0.487. The summed E-state index contributed by atoms with van der Waals surface area (Å²) in [4.78, 5) is 0. The fourth-order valence-corrected chi connectivity index (χ4v) is 0.710. The SMILES string of the molecule is C[C-]=C(N)n1[c-]c(C)c(C)n1.[Y]. The summed E-state index contributed by atoms with van der Waals surface area (Å²) < 4.78 is 1.50. The minimum Gasteiger partial charge on any atom is -0.528 e. The Morgan fingerprint density at radius 3 is 2.50 bits per heavy atom. The Labute approximate surface area is 97.9 Å². The van der Waals surface area contributed by atoms with Crippen molar-refractivity contribution in [1.29, 1.82) is 0 Å². The van der Waals surface area contributed by atoms with Crippen LogP contribution >= 0.6 is 0 Å². The molecule has 3 nitrogen and oxygen atoms in total. The molecule has 2 N–H and O–H groups in total. The first kappa shape index (κ1) is 11.9. The quantitative estimate of drug-likeness (QED) is 0.738. The van der Waals surface area contributed by atoms with Crippen molar-refractivity contribution in [3.63, 3.8) is 0 Å². The van der Waals surface area contributed by atoms with Gasteiger partial charge in [-0.25, -0.2) is 6.92 Å². The van der Waals surface area contributed by atoms with Gasteiger partial charge in [-0.3, -0.25) is 5.10 Å². The Hall–Kier alpha value is -0.146. The van der Waals surface area contributed by atoms with Gasteiger partial charge in [-0.2, -0.15) is 5.82 Å². The molecule has 0 aromatic carbocycles. The Morgan fingerprint density at radius 2 is 2.17 bits per heavy atom. The number of hydrogen-bond donors (Lipinski definition) is 1. The van der Waals surface area contributed by atoms with Crippen LogP contribution in [0.25, 0.3) is 5.82 Å². The van der Waals surface area contributed by atoms with E-state index in [0.29, 0.717) is 5.82 Å². The fourth-order valence-electron chi connectivity index (χ4n) is 0.710. The van der Waals surface area contributed by atoms with Gasteiger partial charge in [0.25, 0.3) is 0 Å². The van der Waals surface area contributed by atoms with Gasteiger partial charge in [0.05, 0.1) is 0 Å². The molecule has 1 aromatic heterocycles. The Morgan fingerprint density at radius 1 is 1.58 bits per heavy atom. The first-order chi connectivity index (χ1) is 5.15. The molecule has 0 spiro atoms. The molecule has 0 aliphatic heterocycles. The summed E-state index contributed by atoms with van der Waals surface area (Å²) in [7, 11) is 0. The average Bonchev–Trinajstić information content (AvgIpc) is 2.31. The number of aryl methyl sites for hydroxylation is 2. The van der Waals surface area contributed by atoms with Crippen LogP contribution in [0.2, 0.25) is 0 Å². The van der Waals surface area contributed by atoms with Gasteiger partial charge in [0.1, 0.15) is 0 Å². The molecular formula is C8H11N3Y-2. The normalized spacial score (nSPS) is 11.1. The number of nitrogens with zero attached hydrogens (tertiary/aromatic N) is 2. The van der Waals surface area contributed by atoms with Crippen LogP contribution in [0.15, 0.2) is 0 Å². The third-order valence-corrected chi connectivity index (χ3v) is 1.55. The first-order valence-corrected chi connectivity index (χ1v) is 3.41. The average molecular weight is 238 g/mol. The first-order valence-electron chi connectivity index (χ1n) is 3.41. The van der Waals surface area contributed by atoms with Crippen molar-refractivity contribution in [3.8, 4) is 0 Å². The Kier molecular flexibility index (Phi) is 4.72. The van der Waals surface area contributed by atoms with Crippen LogP contribution in [-0.4, -0.2) is 9.78 Å². The third-order valence-electron chi connectivity index (χ3n) is 1.55. The summed E-state index contributed by atoms with van der Waals surface area (Å²) in [6, 6.07) is 0. The molecule has 63 valence electrons. The van der Waals surface area contributed by atoms with Crippen LogP contribution in [-0.2, 0) is 32.7 Å². The van der Waals surface area contributed by atoms with Crippen LogP contribution in [0.4, 0.5) is 0 Å². The van der Waals surface area contributed by atoms with Gasteiger partial charge in [-0.15, -0.1) is 5.56 Å². The van der Waals surface area contributed by atoms with E-state index in [1.54, 1.807) is 6.92 Å². The van der Waals surface area contributed by atoms with Crippen LogP contribution in [0, 0.1) is 26.1 Å². The monoisotopic (exact) mass is 238 g/mol. The second kappa shape index (κ2) is 4.78. The van der Waals surface area contributed by atoms with Crippen LogP contribution in [0.3, 0.4) is 0 Å². The van der Waals surface area contributed by atoms with Crippen molar-refractivity contribution in [1.82, 2.24) is 9.78 Å². The van der Waals surface area contributed by atoms with E-state index in [9.17, 15) is 0 Å². The molecule has 0 fully saturated rings. The smallest absolute Gasteiger partial charge is 0 e. The number of nitrogens with two attached hydrogens (primary N) is 1. The zero-order chi connectivity index (χ0) is 8.43. The van der Waals surface area contributed by atoms with Gasteiger partial charge in [0.15, 0.2) is 0 Å². The van der Waals surface area contributed by atoms with Gasteiger partial charge < -0.3 is 16.5 Å². The maximum atomic E-state index is 5.55. The summed E-state index contributed by atoms with van der Waals surface area (Å²) in [6.07, 6.45) is 5.76. The van der Waals surface area contributed by atoms with Crippen LogP contribution in [0.5, 0.6) is 0 Å². The molecule has 0 amide bonds. The minimum absolute atomic E-state index is 0. The number of rotatable bonds is 1. The second-order valence-electron chi connectivity index (χ2n) is 2.37. The van der Waals surface area contributed by atoms with E-state index in [1.807, 2.05) is 13.8 Å². The van der Waals surface area contributed by atoms with Crippen molar-refractivity contribution in [2.75, 3.05) is 0 Å². The minimum atomic E-state index is 0. The van der Waals surface area contributed by atoms with E-state index in [1.165, 1.54) is 4.68 Å². The largest absolute Gasteiger partial charge is 0.528 e. The number of allylic oxidation sites excluding steroid dienone is 1. The number of aromatic nitrogens is 2. The summed E-state index contributed by atoms with van der Waals surface area (Å²) in [5, 5.41) is 4.12. The predicted octanol–water partition coefficient (Wildman–Crippen LogP) is 0.878. The molecule has 1 radical (unpaired) electrons. The van der Waals surface area contributed by atoms with Crippen molar-refractivity contribution in [2.45, 2.75) is 20.8 Å². The Bertz CT molecular complexity index is 269. The number of hydrogen-bond acceptors (Lipinski definition) is 2. The van der Waals surface area contributed by atoms with Gasteiger partial charge in [-0.05, 0) is 5.69 Å². The van der Waals surface area contributed by atoms with Gasteiger partial charge >= 0.3 is 0 Å².